The monoisotopic (exact) mass is 565 g/mol. The fraction of sp³-hybridized carbons (Fsp3) is 0.667. The summed E-state index contributed by atoms with van der Waals surface area (Å²) in [5, 5.41) is 13.9. The first kappa shape index (κ1) is 32.9. The highest BCUT2D eigenvalue weighted by Gasteiger charge is 2.42. The van der Waals surface area contributed by atoms with Crippen LogP contribution < -0.4 is 9.61 Å². The lowest BCUT2D eigenvalue weighted by molar-refractivity contribution is -0.149. The number of rotatable bonds is 14. The maximum atomic E-state index is 14.2. The molecule has 0 fully saturated rings. The molecule has 39 heavy (non-hydrogen) atoms. The van der Waals surface area contributed by atoms with Crippen molar-refractivity contribution in [3.63, 3.8) is 0 Å². The molecule has 2 rings (SSSR count). The molecular weight excluding hydrogens is 517 g/mol. The molecule has 0 bridgehead atoms. The van der Waals surface area contributed by atoms with E-state index in [1.807, 2.05) is 0 Å². The zero-order valence-electron chi connectivity index (χ0n) is 24.9. The fourth-order valence-electron chi connectivity index (χ4n) is 5.04. The summed E-state index contributed by atoms with van der Waals surface area (Å²) in [7, 11) is -4.45. The molecule has 0 aliphatic heterocycles. The molecule has 8 nitrogen and oxygen atoms in total. The van der Waals surface area contributed by atoms with E-state index in [-0.39, 0.29) is 36.0 Å². The van der Waals surface area contributed by atoms with Gasteiger partial charge in [0.15, 0.2) is 0 Å². The zero-order chi connectivity index (χ0) is 29.3. The minimum absolute atomic E-state index is 0.0200. The second kappa shape index (κ2) is 14.9. The first-order valence-electron chi connectivity index (χ1n) is 14.3. The highest BCUT2D eigenvalue weighted by molar-refractivity contribution is 7.74. The van der Waals surface area contributed by atoms with Crippen LogP contribution in [0.1, 0.15) is 105 Å². The van der Waals surface area contributed by atoms with Crippen molar-refractivity contribution < 1.29 is 33.3 Å². The zero-order valence-corrected chi connectivity index (χ0v) is 25.8. The van der Waals surface area contributed by atoms with Crippen molar-refractivity contribution in [3.05, 3.63) is 34.9 Å². The van der Waals surface area contributed by atoms with Crippen LogP contribution in [-0.4, -0.2) is 35.5 Å². The maximum Gasteiger partial charge on any atom is 0.424 e. The molecule has 0 amide bonds. The van der Waals surface area contributed by atoms with E-state index in [1.165, 1.54) is 12.5 Å². The van der Waals surface area contributed by atoms with Crippen molar-refractivity contribution in [1.29, 1.82) is 0 Å². The number of carbonyl (C=O) groups excluding carboxylic acids is 2. The van der Waals surface area contributed by atoms with E-state index in [0.717, 1.165) is 37.7 Å². The van der Waals surface area contributed by atoms with Gasteiger partial charge in [0.25, 0.3) is 0 Å². The minimum Gasteiger partial charge on any atom is -0.507 e. The van der Waals surface area contributed by atoms with Gasteiger partial charge in [0, 0.05) is 11.5 Å². The molecule has 4 unspecified atom stereocenters. The number of hydrogen-bond acceptors (Lipinski definition) is 7. The lowest BCUT2D eigenvalue weighted by atomic mass is 9.71. The number of allylic oxidation sites excluding steroid dienone is 2. The summed E-state index contributed by atoms with van der Waals surface area (Å²) in [4.78, 5) is 25.6. The molecule has 1 aliphatic rings. The average Bonchev–Trinajstić information content (AvgIpc) is 2.83. The quantitative estimate of drug-likeness (QED) is 0.101. The van der Waals surface area contributed by atoms with Crippen molar-refractivity contribution in [2.75, 3.05) is 6.61 Å². The van der Waals surface area contributed by atoms with E-state index in [1.54, 1.807) is 32.9 Å². The van der Waals surface area contributed by atoms with Gasteiger partial charge < -0.3 is 19.1 Å². The Hall–Kier alpha value is -2.31. The Labute approximate surface area is 234 Å². The van der Waals surface area contributed by atoms with Gasteiger partial charge in [-0.15, -0.1) is 0 Å². The third-order valence-corrected chi connectivity index (χ3v) is 8.83. The molecule has 9 heteroatoms. The number of ether oxygens (including phenoxy) is 2. The van der Waals surface area contributed by atoms with Crippen molar-refractivity contribution >= 4 is 19.2 Å². The van der Waals surface area contributed by atoms with Gasteiger partial charge in [-0.1, -0.05) is 45.3 Å². The van der Waals surface area contributed by atoms with Crippen LogP contribution >= 0.6 is 7.52 Å². The van der Waals surface area contributed by atoms with Crippen LogP contribution in [0.25, 0.3) is 0 Å². The van der Waals surface area contributed by atoms with Crippen LogP contribution in [0.5, 0.6) is 11.5 Å². The third-order valence-electron chi connectivity index (χ3n) is 7.04. The molecule has 4 atom stereocenters. The molecule has 0 saturated carbocycles. The van der Waals surface area contributed by atoms with Crippen molar-refractivity contribution in [1.82, 2.24) is 5.09 Å². The number of nitrogens with one attached hydrogen (secondary N) is 1. The van der Waals surface area contributed by atoms with E-state index in [0.29, 0.717) is 17.9 Å². The Morgan fingerprint density at radius 2 is 1.82 bits per heavy atom. The summed E-state index contributed by atoms with van der Waals surface area (Å²) in [5.74, 6) is -0.128. The SMILES string of the molecule is CCCCCc1cc(O)c(C2C=C(C)CCC2C(C)C)c(OP(=O)(NC(C)C(=O)OC(C)C)C(=O)OCC)c1. The summed E-state index contributed by atoms with van der Waals surface area (Å²) in [6, 6.07) is 2.41. The van der Waals surface area contributed by atoms with Gasteiger partial charge in [-0.25, -0.2) is 14.4 Å². The lowest BCUT2D eigenvalue weighted by Gasteiger charge is -2.34. The maximum absolute atomic E-state index is 14.2. The Bertz CT molecular complexity index is 1070. The van der Waals surface area contributed by atoms with Crippen molar-refractivity contribution in [2.24, 2.45) is 11.8 Å². The Morgan fingerprint density at radius 3 is 2.41 bits per heavy atom. The Balaban J connectivity index is 2.64. The lowest BCUT2D eigenvalue weighted by Crippen LogP contribution is -2.37. The molecule has 0 radical (unpaired) electrons. The first-order valence-corrected chi connectivity index (χ1v) is 15.9. The molecule has 220 valence electrons. The molecule has 0 saturated heterocycles. The standard InChI is InChI=1S/C30H48NO7P/c1-9-11-12-13-23-17-26(32)28(25-16-21(7)14-15-24(25)19(3)4)27(18-23)38-39(35,30(34)36-10-2)31-22(8)29(33)37-20(5)6/h16-20,22,24-25,32H,9-15H2,1-8H3,(H,31,35). The van der Waals surface area contributed by atoms with Crippen LogP contribution in [0.15, 0.2) is 23.8 Å². The summed E-state index contributed by atoms with van der Waals surface area (Å²) in [5.41, 5.74) is 1.42. The van der Waals surface area contributed by atoms with E-state index in [9.17, 15) is 19.3 Å². The predicted molar refractivity (Wildman–Crippen MR) is 154 cm³/mol. The predicted octanol–water partition coefficient (Wildman–Crippen LogP) is 7.88. The highest BCUT2D eigenvalue weighted by atomic mass is 31.2. The summed E-state index contributed by atoms with van der Waals surface area (Å²) < 4.78 is 30.6. The number of phenolic OH excluding ortho intramolecular Hbond substituents is 1. The van der Waals surface area contributed by atoms with E-state index in [2.05, 4.69) is 38.9 Å². The molecular formula is C30H48NO7P. The van der Waals surface area contributed by atoms with Gasteiger partial charge >= 0.3 is 19.2 Å². The van der Waals surface area contributed by atoms with Gasteiger partial charge in [-0.05, 0) is 89.8 Å². The van der Waals surface area contributed by atoms with Crippen LogP contribution in [0, 0.1) is 11.8 Å². The van der Waals surface area contributed by atoms with Gasteiger partial charge in [0.1, 0.15) is 17.5 Å². The van der Waals surface area contributed by atoms with Gasteiger partial charge in [-0.3, -0.25) is 4.79 Å². The molecule has 1 aliphatic carbocycles. The average molecular weight is 566 g/mol. The number of aromatic hydroxyl groups is 1. The molecule has 0 aromatic heterocycles. The van der Waals surface area contributed by atoms with Crippen LogP contribution in [0.2, 0.25) is 0 Å². The minimum atomic E-state index is -4.45. The van der Waals surface area contributed by atoms with Crippen molar-refractivity contribution in [3.8, 4) is 11.5 Å². The number of unbranched alkanes of at least 4 members (excludes halogenated alkanes) is 2. The Morgan fingerprint density at radius 1 is 1.13 bits per heavy atom. The summed E-state index contributed by atoms with van der Waals surface area (Å²) >= 11 is 0. The molecule has 1 aromatic rings. The number of esters is 1. The fourth-order valence-corrected chi connectivity index (χ4v) is 6.61. The van der Waals surface area contributed by atoms with E-state index < -0.39 is 25.2 Å². The third kappa shape index (κ3) is 9.11. The smallest absolute Gasteiger partial charge is 0.424 e. The first-order chi connectivity index (χ1) is 18.3. The summed E-state index contributed by atoms with van der Waals surface area (Å²) in [6.45, 7) is 14.9. The topological polar surface area (TPSA) is 111 Å². The van der Waals surface area contributed by atoms with E-state index >= 15 is 0 Å². The van der Waals surface area contributed by atoms with E-state index in [4.69, 9.17) is 14.0 Å². The molecule has 1 aromatic carbocycles. The number of phenols is 1. The van der Waals surface area contributed by atoms with Crippen molar-refractivity contribution in [2.45, 2.75) is 112 Å². The highest BCUT2D eigenvalue weighted by Crippen LogP contribution is 2.53. The number of hydrogen-bond donors (Lipinski definition) is 2. The Kier molecular flexibility index (Phi) is 12.6. The second-order valence-electron chi connectivity index (χ2n) is 11.1. The van der Waals surface area contributed by atoms with Gasteiger partial charge in [0.05, 0.1) is 12.7 Å². The molecule has 2 N–H and O–H groups in total. The number of carbonyl (C=O) groups is 2. The number of aryl methyl sites for hydroxylation is 1. The normalized spacial score (nSPS) is 19.8. The summed E-state index contributed by atoms with van der Waals surface area (Å²) in [6.07, 6.45) is 7.33. The van der Waals surface area contributed by atoms with Gasteiger partial charge in [-0.2, -0.15) is 0 Å². The molecule has 0 heterocycles. The van der Waals surface area contributed by atoms with Gasteiger partial charge in [0.2, 0.25) is 0 Å². The largest absolute Gasteiger partial charge is 0.507 e. The number of benzene rings is 1. The van der Waals surface area contributed by atoms with Crippen LogP contribution in [-0.2, 0) is 25.3 Å². The molecule has 0 spiro atoms. The second-order valence-corrected chi connectivity index (χ2v) is 13.1. The van der Waals surface area contributed by atoms with Crippen LogP contribution in [0.4, 0.5) is 4.79 Å². The van der Waals surface area contributed by atoms with Crippen LogP contribution in [0.3, 0.4) is 0 Å².